The van der Waals surface area contributed by atoms with Gasteiger partial charge in [-0.1, -0.05) is 24.3 Å². The minimum absolute atomic E-state index is 0.0488. The third kappa shape index (κ3) is 4.90. The van der Waals surface area contributed by atoms with E-state index in [2.05, 4.69) is 45.0 Å². The van der Waals surface area contributed by atoms with Crippen LogP contribution in [0, 0.1) is 13.8 Å². The molecule has 0 aliphatic carbocycles. The molecule has 0 saturated carbocycles. The van der Waals surface area contributed by atoms with Gasteiger partial charge in [0.2, 0.25) is 5.91 Å². The van der Waals surface area contributed by atoms with Gasteiger partial charge in [0.25, 0.3) is 0 Å². The highest BCUT2D eigenvalue weighted by atomic mass is 32.1. The van der Waals surface area contributed by atoms with Gasteiger partial charge < -0.3 is 24.5 Å². The van der Waals surface area contributed by atoms with E-state index in [9.17, 15) is 4.79 Å². The van der Waals surface area contributed by atoms with E-state index >= 15 is 0 Å². The Morgan fingerprint density at radius 3 is 2.64 bits per heavy atom. The van der Waals surface area contributed by atoms with Crippen molar-refractivity contribution in [3.63, 3.8) is 0 Å². The zero-order valence-corrected chi connectivity index (χ0v) is 21.2. The number of carbonyl (C=O) groups excluding carboxylic acids is 1. The number of para-hydroxylation sites is 1. The van der Waals surface area contributed by atoms with E-state index in [1.165, 1.54) is 0 Å². The van der Waals surface area contributed by atoms with Gasteiger partial charge >= 0.3 is 0 Å². The maximum absolute atomic E-state index is 12.7. The summed E-state index contributed by atoms with van der Waals surface area (Å²) >= 11 is 5.79. The summed E-state index contributed by atoms with van der Waals surface area (Å²) in [6, 6.07) is 21.3. The van der Waals surface area contributed by atoms with E-state index in [1.807, 2.05) is 60.7 Å². The summed E-state index contributed by atoms with van der Waals surface area (Å²) in [7, 11) is 0. The molecule has 184 valence electrons. The summed E-state index contributed by atoms with van der Waals surface area (Å²) < 4.78 is 7.86. The van der Waals surface area contributed by atoms with Crippen molar-refractivity contribution in [3.05, 3.63) is 108 Å². The van der Waals surface area contributed by atoms with Crippen LogP contribution in [0.5, 0.6) is 0 Å². The number of hydrogen-bond acceptors (Lipinski definition) is 4. The van der Waals surface area contributed by atoms with E-state index in [0.29, 0.717) is 24.6 Å². The molecule has 4 aromatic rings. The van der Waals surface area contributed by atoms with Crippen LogP contribution < -0.4 is 10.6 Å². The average molecular weight is 500 g/mol. The van der Waals surface area contributed by atoms with Crippen LogP contribution in [0.4, 0.5) is 5.69 Å². The van der Waals surface area contributed by atoms with E-state index < -0.39 is 0 Å². The van der Waals surface area contributed by atoms with Gasteiger partial charge in [-0.15, -0.1) is 0 Å². The number of rotatable bonds is 8. The van der Waals surface area contributed by atoms with Crippen LogP contribution in [0.25, 0.3) is 0 Å². The maximum Gasteiger partial charge on any atom is 0.226 e. The summed E-state index contributed by atoms with van der Waals surface area (Å²) in [5.74, 6) is 0.853. The Labute approximate surface area is 216 Å². The van der Waals surface area contributed by atoms with E-state index in [-0.39, 0.29) is 18.0 Å². The van der Waals surface area contributed by atoms with Crippen molar-refractivity contribution in [3.8, 4) is 0 Å². The van der Waals surface area contributed by atoms with Crippen molar-refractivity contribution < 1.29 is 9.21 Å². The molecule has 0 bridgehead atoms. The Morgan fingerprint density at radius 2 is 1.92 bits per heavy atom. The van der Waals surface area contributed by atoms with Gasteiger partial charge in [0, 0.05) is 36.2 Å². The van der Waals surface area contributed by atoms with Crippen molar-refractivity contribution in [1.82, 2.24) is 19.8 Å². The summed E-state index contributed by atoms with van der Waals surface area (Å²) in [5, 5.41) is 7.07. The lowest BCUT2D eigenvalue weighted by atomic mass is 9.96. The van der Waals surface area contributed by atoms with Crippen molar-refractivity contribution >= 4 is 28.9 Å². The van der Waals surface area contributed by atoms with Gasteiger partial charge in [-0.25, -0.2) is 0 Å². The predicted octanol–water partition coefficient (Wildman–Crippen LogP) is 5.14. The molecule has 4 heterocycles. The number of benzene rings is 1. The Balaban J connectivity index is 1.43. The molecule has 1 saturated heterocycles. The maximum atomic E-state index is 12.7. The number of aromatic nitrogens is 2. The van der Waals surface area contributed by atoms with Gasteiger partial charge in [0.05, 0.1) is 30.6 Å². The SMILES string of the molecule is Cc1cc([C@H]2[C@H](c3ccccn3)NC(=S)N2CCC(=O)Nc2ccccc2)c(C)n1Cc1ccco1. The lowest BCUT2D eigenvalue weighted by Crippen LogP contribution is -2.32. The number of aryl methyl sites for hydroxylation is 1. The van der Waals surface area contributed by atoms with Crippen molar-refractivity contribution in [2.75, 3.05) is 11.9 Å². The molecule has 0 radical (unpaired) electrons. The fourth-order valence-corrected chi connectivity index (χ4v) is 5.21. The first kappa shape index (κ1) is 23.8. The molecular weight excluding hydrogens is 470 g/mol. The number of pyridine rings is 1. The molecule has 1 aromatic carbocycles. The third-order valence-electron chi connectivity index (χ3n) is 6.66. The summed E-state index contributed by atoms with van der Waals surface area (Å²) in [5.41, 5.74) is 5.13. The Kier molecular flexibility index (Phi) is 6.86. The number of anilines is 1. The first-order chi connectivity index (χ1) is 17.5. The molecule has 0 spiro atoms. The van der Waals surface area contributed by atoms with Crippen molar-refractivity contribution in [2.45, 2.75) is 38.9 Å². The zero-order valence-electron chi connectivity index (χ0n) is 20.3. The molecule has 2 N–H and O–H groups in total. The van der Waals surface area contributed by atoms with Crippen LogP contribution in [-0.4, -0.2) is 32.0 Å². The topological polar surface area (TPSA) is 75.3 Å². The molecule has 3 aromatic heterocycles. The monoisotopic (exact) mass is 499 g/mol. The van der Waals surface area contributed by atoms with Gasteiger partial charge in [0.15, 0.2) is 5.11 Å². The van der Waals surface area contributed by atoms with Crippen LogP contribution in [0.1, 0.15) is 46.9 Å². The second kappa shape index (κ2) is 10.4. The van der Waals surface area contributed by atoms with E-state index in [4.69, 9.17) is 16.6 Å². The zero-order chi connectivity index (χ0) is 25.1. The fourth-order valence-electron chi connectivity index (χ4n) is 4.88. The molecule has 8 heteroatoms. The minimum atomic E-state index is -0.131. The smallest absolute Gasteiger partial charge is 0.226 e. The second-order valence-corrected chi connectivity index (χ2v) is 9.36. The third-order valence-corrected chi connectivity index (χ3v) is 7.01. The highest BCUT2D eigenvalue weighted by molar-refractivity contribution is 7.80. The first-order valence-corrected chi connectivity index (χ1v) is 12.4. The molecule has 1 amide bonds. The average Bonchev–Trinajstić information content (AvgIpc) is 3.59. The van der Waals surface area contributed by atoms with Crippen LogP contribution in [0.2, 0.25) is 0 Å². The quantitative estimate of drug-likeness (QED) is 0.327. The number of nitrogens with one attached hydrogen (secondary N) is 2. The molecule has 7 nitrogen and oxygen atoms in total. The Morgan fingerprint density at radius 1 is 1.11 bits per heavy atom. The number of amides is 1. The normalized spacial score (nSPS) is 17.3. The highest BCUT2D eigenvalue weighted by Gasteiger charge is 2.41. The van der Waals surface area contributed by atoms with E-state index in [1.54, 1.807) is 12.5 Å². The van der Waals surface area contributed by atoms with Gasteiger partial charge in [-0.05, 0) is 74.1 Å². The summed E-state index contributed by atoms with van der Waals surface area (Å²) in [6.07, 6.45) is 3.81. The Bertz CT molecular complexity index is 1340. The second-order valence-electron chi connectivity index (χ2n) is 8.98. The summed E-state index contributed by atoms with van der Waals surface area (Å²) in [4.78, 5) is 19.5. The number of carbonyl (C=O) groups is 1. The molecule has 2 atom stereocenters. The Hall–Kier alpha value is -3.91. The number of hydrogen-bond donors (Lipinski definition) is 2. The number of nitrogens with zero attached hydrogens (tertiary/aromatic N) is 3. The van der Waals surface area contributed by atoms with Crippen LogP contribution in [0.15, 0.2) is 83.6 Å². The molecule has 5 rings (SSSR count). The fraction of sp³-hybridized carbons (Fsp3) is 0.250. The molecule has 1 fully saturated rings. The molecule has 36 heavy (non-hydrogen) atoms. The van der Waals surface area contributed by atoms with Crippen LogP contribution >= 0.6 is 12.2 Å². The van der Waals surface area contributed by atoms with Crippen LogP contribution in [0.3, 0.4) is 0 Å². The predicted molar refractivity (Wildman–Crippen MR) is 144 cm³/mol. The molecule has 1 aliphatic rings. The standard InChI is InChI=1S/C28H29N5O2S/c1-19-17-23(20(2)33(19)18-22-11-8-16-35-22)27-26(24-12-6-7-14-29-24)31-28(36)32(27)15-13-25(34)30-21-9-4-3-5-10-21/h3-12,14,16-17,26-27H,13,15,18H2,1-2H3,(H,30,34)(H,31,36)/t26-,27-/m0/s1. The molecule has 1 aliphatic heterocycles. The highest BCUT2D eigenvalue weighted by Crippen LogP contribution is 2.41. The van der Waals surface area contributed by atoms with Gasteiger partial charge in [-0.2, -0.15) is 0 Å². The molecular formula is C28H29N5O2S. The van der Waals surface area contributed by atoms with Crippen molar-refractivity contribution in [1.29, 1.82) is 0 Å². The largest absolute Gasteiger partial charge is 0.467 e. The van der Waals surface area contributed by atoms with Crippen LogP contribution in [-0.2, 0) is 11.3 Å². The van der Waals surface area contributed by atoms with Gasteiger partial charge in [-0.3, -0.25) is 9.78 Å². The number of thiocarbonyl (C=S) groups is 1. The number of furan rings is 1. The van der Waals surface area contributed by atoms with Crippen molar-refractivity contribution in [2.24, 2.45) is 0 Å². The first-order valence-electron chi connectivity index (χ1n) is 12.0. The lowest BCUT2D eigenvalue weighted by molar-refractivity contribution is -0.116. The minimum Gasteiger partial charge on any atom is -0.467 e. The van der Waals surface area contributed by atoms with Gasteiger partial charge in [0.1, 0.15) is 5.76 Å². The van der Waals surface area contributed by atoms with E-state index in [0.717, 1.165) is 34.1 Å². The summed E-state index contributed by atoms with van der Waals surface area (Å²) in [6.45, 7) is 5.37. The molecule has 0 unspecified atom stereocenters. The lowest BCUT2D eigenvalue weighted by Gasteiger charge is -2.28.